The van der Waals surface area contributed by atoms with Crippen LogP contribution in [0.2, 0.25) is 0 Å². The lowest BCUT2D eigenvalue weighted by Gasteiger charge is -2.33. The summed E-state index contributed by atoms with van der Waals surface area (Å²) in [7, 11) is 0. The van der Waals surface area contributed by atoms with Gasteiger partial charge in [-0.25, -0.2) is 4.52 Å². The third kappa shape index (κ3) is 2.66. The minimum absolute atomic E-state index is 0.0169. The molecule has 6 heteroatoms. The molecule has 0 aliphatic carbocycles. The second kappa shape index (κ2) is 6.26. The fraction of sp³-hybridized carbons (Fsp3) is 0.500. The fourth-order valence-electron chi connectivity index (χ4n) is 3.79. The van der Waals surface area contributed by atoms with Gasteiger partial charge in [0.2, 0.25) is 5.91 Å². The first-order valence-corrected chi connectivity index (χ1v) is 8.74. The molecule has 0 unspecified atom stereocenters. The lowest BCUT2D eigenvalue weighted by atomic mass is 9.95. The van der Waals surface area contributed by atoms with E-state index in [0.29, 0.717) is 18.7 Å². The van der Waals surface area contributed by atoms with Crippen molar-refractivity contribution in [2.45, 2.75) is 25.7 Å². The van der Waals surface area contributed by atoms with Crippen molar-refractivity contribution in [3.63, 3.8) is 0 Å². The van der Waals surface area contributed by atoms with E-state index in [0.717, 1.165) is 44.3 Å². The molecular formula is C18H22N4O2. The van der Waals surface area contributed by atoms with E-state index in [4.69, 9.17) is 0 Å². The molecular weight excluding hydrogens is 304 g/mol. The molecule has 0 radical (unpaired) electrons. The number of amides is 2. The minimum Gasteiger partial charge on any atom is -0.342 e. The third-order valence-corrected chi connectivity index (χ3v) is 5.21. The van der Waals surface area contributed by atoms with Crippen molar-refractivity contribution in [3.8, 4) is 0 Å². The summed E-state index contributed by atoms with van der Waals surface area (Å²) in [5.41, 5.74) is 1.47. The molecule has 126 valence electrons. The van der Waals surface area contributed by atoms with Gasteiger partial charge < -0.3 is 9.80 Å². The number of likely N-dealkylation sites (tertiary alicyclic amines) is 2. The van der Waals surface area contributed by atoms with Gasteiger partial charge in [-0.1, -0.05) is 6.07 Å². The summed E-state index contributed by atoms with van der Waals surface area (Å²) < 4.78 is 1.72. The van der Waals surface area contributed by atoms with Gasteiger partial charge >= 0.3 is 0 Å². The van der Waals surface area contributed by atoms with Crippen molar-refractivity contribution in [1.29, 1.82) is 0 Å². The Morgan fingerprint density at radius 3 is 2.50 bits per heavy atom. The summed E-state index contributed by atoms with van der Waals surface area (Å²) in [5.74, 6) is 0.384. The van der Waals surface area contributed by atoms with Crippen LogP contribution in [0.3, 0.4) is 0 Å². The molecule has 2 aliphatic rings. The molecule has 2 aromatic rings. The van der Waals surface area contributed by atoms with Crippen LogP contribution in [0, 0.1) is 5.92 Å². The number of nitrogens with zero attached hydrogens (tertiary/aromatic N) is 4. The van der Waals surface area contributed by atoms with Crippen LogP contribution in [0.15, 0.2) is 30.6 Å². The average molecular weight is 326 g/mol. The van der Waals surface area contributed by atoms with Crippen molar-refractivity contribution in [2.75, 3.05) is 26.2 Å². The number of pyridine rings is 1. The Morgan fingerprint density at radius 1 is 1.00 bits per heavy atom. The molecule has 24 heavy (non-hydrogen) atoms. The average Bonchev–Trinajstić information content (AvgIpc) is 3.30. The van der Waals surface area contributed by atoms with E-state index in [9.17, 15) is 9.59 Å². The zero-order chi connectivity index (χ0) is 16.5. The van der Waals surface area contributed by atoms with Crippen LogP contribution in [-0.2, 0) is 4.79 Å². The van der Waals surface area contributed by atoms with Crippen LogP contribution in [0.1, 0.15) is 36.0 Å². The van der Waals surface area contributed by atoms with Crippen LogP contribution in [0.5, 0.6) is 0 Å². The lowest BCUT2D eigenvalue weighted by Crippen LogP contribution is -2.43. The van der Waals surface area contributed by atoms with Crippen LogP contribution in [-0.4, -0.2) is 57.4 Å². The van der Waals surface area contributed by atoms with Crippen molar-refractivity contribution in [1.82, 2.24) is 19.4 Å². The molecule has 2 amide bonds. The number of aromatic nitrogens is 2. The number of piperidine rings is 1. The normalized spacial score (nSPS) is 19.2. The Balaban J connectivity index is 1.42. The highest BCUT2D eigenvalue weighted by Gasteiger charge is 2.32. The summed E-state index contributed by atoms with van der Waals surface area (Å²) in [6.07, 6.45) is 7.25. The van der Waals surface area contributed by atoms with E-state index < -0.39 is 0 Å². The van der Waals surface area contributed by atoms with Crippen LogP contribution >= 0.6 is 0 Å². The fourth-order valence-corrected chi connectivity index (χ4v) is 3.79. The number of fused-ring (bicyclic) bond motifs is 1. The van der Waals surface area contributed by atoms with E-state index in [-0.39, 0.29) is 17.7 Å². The van der Waals surface area contributed by atoms with Gasteiger partial charge in [0.25, 0.3) is 5.91 Å². The highest BCUT2D eigenvalue weighted by atomic mass is 16.2. The van der Waals surface area contributed by atoms with Gasteiger partial charge in [-0.3, -0.25) is 9.59 Å². The molecule has 2 aliphatic heterocycles. The maximum Gasteiger partial charge on any atom is 0.257 e. The smallest absolute Gasteiger partial charge is 0.257 e. The van der Waals surface area contributed by atoms with Crippen molar-refractivity contribution >= 4 is 17.3 Å². The number of hydrogen-bond acceptors (Lipinski definition) is 3. The van der Waals surface area contributed by atoms with Gasteiger partial charge in [-0.15, -0.1) is 0 Å². The molecule has 0 aromatic carbocycles. The van der Waals surface area contributed by atoms with E-state index in [1.165, 1.54) is 0 Å². The molecule has 0 atom stereocenters. The topological polar surface area (TPSA) is 57.9 Å². The van der Waals surface area contributed by atoms with E-state index >= 15 is 0 Å². The Kier molecular flexibility index (Phi) is 3.96. The standard InChI is InChI=1S/C18H22N4O2/c23-17(20-8-3-4-9-20)14-6-11-21(12-7-14)18(24)15-13-19-22-10-2-1-5-16(15)22/h1-2,5,10,13-14H,3-4,6-9,11-12H2. The Hall–Kier alpha value is -2.37. The predicted molar refractivity (Wildman–Crippen MR) is 89.6 cm³/mol. The highest BCUT2D eigenvalue weighted by molar-refractivity contribution is 6.00. The molecule has 0 bridgehead atoms. The van der Waals surface area contributed by atoms with Gasteiger partial charge in [0.15, 0.2) is 0 Å². The predicted octanol–water partition coefficient (Wildman–Crippen LogP) is 1.81. The summed E-state index contributed by atoms with van der Waals surface area (Å²) in [6, 6.07) is 5.71. The first-order chi connectivity index (χ1) is 11.7. The third-order valence-electron chi connectivity index (χ3n) is 5.21. The first-order valence-electron chi connectivity index (χ1n) is 8.74. The second-order valence-electron chi connectivity index (χ2n) is 6.69. The zero-order valence-corrected chi connectivity index (χ0v) is 13.7. The van der Waals surface area contributed by atoms with Crippen molar-refractivity contribution in [3.05, 3.63) is 36.2 Å². The molecule has 4 heterocycles. The van der Waals surface area contributed by atoms with E-state index in [1.807, 2.05) is 34.2 Å². The maximum absolute atomic E-state index is 12.8. The molecule has 2 fully saturated rings. The number of rotatable bonds is 2. The molecule has 0 spiro atoms. The quantitative estimate of drug-likeness (QED) is 0.846. The maximum atomic E-state index is 12.8. The van der Waals surface area contributed by atoms with Crippen LogP contribution in [0.4, 0.5) is 0 Å². The zero-order valence-electron chi connectivity index (χ0n) is 13.7. The van der Waals surface area contributed by atoms with E-state index in [1.54, 1.807) is 10.7 Å². The Morgan fingerprint density at radius 2 is 1.75 bits per heavy atom. The molecule has 6 nitrogen and oxygen atoms in total. The van der Waals surface area contributed by atoms with E-state index in [2.05, 4.69) is 5.10 Å². The Bertz CT molecular complexity index is 755. The number of hydrogen-bond donors (Lipinski definition) is 0. The number of carbonyl (C=O) groups excluding carboxylic acids is 2. The summed E-state index contributed by atoms with van der Waals surface area (Å²) in [4.78, 5) is 29.1. The highest BCUT2D eigenvalue weighted by Crippen LogP contribution is 2.24. The van der Waals surface area contributed by atoms with Gasteiger partial charge in [-0.2, -0.15) is 5.10 Å². The monoisotopic (exact) mass is 326 g/mol. The summed E-state index contributed by atoms with van der Waals surface area (Å²) in [6.45, 7) is 3.10. The van der Waals surface area contributed by atoms with Crippen molar-refractivity contribution < 1.29 is 9.59 Å². The van der Waals surface area contributed by atoms with Gasteiger partial charge in [-0.05, 0) is 37.8 Å². The van der Waals surface area contributed by atoms with Gasteiger partial charge in [0.05, 0.1) is 17.3 Å². The molecule has 2 saturated heterocycles. The molecule has 4 rings (SSSR count). The molecule has 0 saturated carbocycles. The largest absolute Gasteiger partial charge is 0.342 e. The lowest BCUT2D eigenvalue weighted by molar-refractivity contribution is -0.135. The molecule has 2 aromatic heterocycles. The minimum atomic E-state index is 0.0169. The Labute approximate surface area is 141 Å². The van der Waals surface area contributed by atoms with Crippen LogP contribution in [0.25, 0.3) is 5.52 Å². The molecule has 0 N–H and O–H groups in total. The SMILES string of the molecule is O=C(c1cnn2ccccc12)N1CCC(C(=O)N2CCCC2)CC1. The van der Waals surface area contributed by atoms with Gasteiger partial charge in [0.1, 0.15) is 0 Å². The van der Waals surface area contributed by atoms with Gasteiger partial charge in [0, 0.05) is 38.3 Å². The number of carbonyl (C=O) groups is 2. The first kappa shape index (κ1) is 15.2. The van der Waals surface area contributed by atoms with Crippen molar-refractivity contribution in [2.24, 2.45) is 5.92 Å². The van der Waals surface area contributed by atoms with Crippen LogP contribution < -0.4 is 0 Å². The summed E-state index contributed by atoms with van der Waals surface area (Å²) in [5, 5.41) is 4.24. The second-order valence-corrected chi connectivity index (χ2v) is 6.69. The summed E-state index contributed by atoms with van der Waals surface area (Å²) >= 11 is 0.